The van der Waals surface area contributed by atoms with E-state index in [-0.39, 0.29) is 9.89 Å². The first kappa shape index (κ1) is 9.78. The van der Waals surface area contributed by atoms with Gasteiger partial charge in [0.1, 0.15) is 0 Å². The van der Waals surface area contributed by atoms with Crippen LogP contribution in [-0.2, 0) is 3.83 Å². The topological polar surface area (TPSA) is 71.1 Å². The van der Waals surface area contributed by atoms with E-state index in [1.54, 1.807) is 29.2 Å². The SMILES string of the molecule is N#C[Se](=O)c1coc2ccccc2c1=O. The number of benzene rings is 1. The van der Waals surface area contributed by atoms with Crippen molar-refractivity contribution in [2.75, 3.05) is 0 Å². The van der Waals surface area contributed by atoms with Crippen molar-refractivity contribution in [3.05, 3.63) is 40.8 Å². The Bertz CT molecular complexity index is 639. The summed E-state index contributed by atoms with van der Waals surface area (Å²) in [5, 5.41) is 8.85. The third kappa shape index (κ3) is 1.61. The zero-order valence-electron chi connectivity index (χ0n) is 7.47. The van der Waals surface area contributed by atoms with E-state index in [9.17, 15) is 8.63 Å². The molecule has 5 heteroatoms. The molecule has 0 aliphatic rings. The van der Waals surface area contributed by atoms with Crippen molar-refractivity contribution in [1.29, 1.82) is 5.26 Å². The van der Waals surface area contributed by atoms with Gasteiger partial charge in [0.25, 0.3) is 0 Å². The second-order valence-electron chi connectivity index (χ2n) is 2.79. The van der Waals surface area contributed by atoms with Crippen molar-refractivity contribution < 1.29 is 8.25 Å². The Balaban J connectivity index is 2.84. The maximum atomic E-state index is 11.7. The van der Waals surface area contributed by atoms with Crippen molar-refractivity contribution in [3.8, 4) is 4.97 Å². The van der Waals surface area contributed by atoms with Gasteiger partial charge in [-0.1, -0.05) is 0 Å². The Morgan fingerprint density at radius 3 is 2.80 bits per heavy atom. The van der Waals surface area contributed by atoms with Gasteiger partial charge in [-0.05, 0) is 0 Å². The third-order valence-corrected chi connectivity index (χ3v) is 3.71. The Kier molecular flexibility index (Phi) is 2.46. The van der Waals surface area contributed by atoms with Crippen LogP contribution in [-0.4, -0.2) is 13.8 Å². The predicted octanol–water partition coefficient (Wildman–Crippen LogP) is 0.485. The van der Waals surface area contributed by atoms with E-state index in [2.05, 4.69) is 0 Å². The average molecular weight is 266 g/mol. The summed E-state index contributed by atoms with van der Waals surface area (Å²) in [5.74, 6) is 0. The number of para-hydroxylation sites is 1. The molecule has 2 rings (SSSR count). The number of nitriles is 1. The fraction of sp³-hybridized carbons (Fsp3) is 0. The van der Waals surface area contributed by atoms with Crippen LogP contribution in [0.4, 0.5) is 0 Å². The average Bonchev–Trinajstić information content (AvgIpc) is 2.29. The van der Waals surface area contributed by atoms with Gasteiger partial charge in [0.05, 0.1) is 0 Å². The van der Waals surface area contributed by atoms with Gasteiger partial charge < -0.3 is 0 Å². The predicted molar refractivity (Wildman–Crippen MR) is 54.2 cm³/mol. The molecule has 1 heterocycles. The van der Waals surface area contributed by atoms with Gasteiger partial charge in [0.15, 0.2) is 0 Å². The molecule has 0 saturated heterocycles. The Labute approximate surface area is 88.8 Å². The molecule has 1 aromatic carbocycles. The van der Waals surface area contributed by atoms with Crippen LogP contribution >= 0.6 is 0 Å². The van der Waals surface area contributed by atoms with Crippen LogP contribution in [0.1, 0.15) is 0 Å². The van der Waals surface area contributed by atoms with Crippen molar-refractivity contribution in [2.45, 2.75) is 0 Å². The van der Waals surface area contributed by atoms with Gasteiger partial charge in [0.2, 0.25) is 0 Å². The first-order chi connectivity index (χ1) is 7.24. The number of rotatable bonds is 1. The molecule has 0 N–H and O–H groups in total. The van der Waals surface area contributed by atoms with Crippen molar-refractivity contribution >= 4 is 29.3 Å². The van der Waals surface area contributed by atoms with E-state index in [0.717, 1.165) is 6.26 Å². The van der Waals surface area contributed by atoms with Crippen molar-refractivity contribution in [3.63, 3.8) is 0 Å². The summed E-state index contributed by atoms with van der Waals surface area (Å²) >= 11 is -2.90. The van der Waals surface area contributed by atoms with Crippen LogP contribution in [0.2, 0.25) is 0 Å². The van der Waals surface area contributed by atoms with E-state index < -0.39 is 13.8 Å². The first-order valence-corrected chi connectivity index (χ1v) is 6.47. The van der Waals surface area contributed by atoms with Gasteiger partial charge in [-0.2, -0.15) is 0 Å². The molecule has 4 nitrogen and oxygen atoms in total. The quantitative estimate of drug-likeness (QED) is 0.704. The molecule has 2 aromatic rings. The minimum absolute atomic E-state index is 0.0174. The Hall–Kier alpha value is -1.76. The summed E-state index contributed by atoms with van der Waals surface area (Å²) in [7, 11) is 0. The molecule has 1 unspecified atom stereocenters. The van der Waals surface area contributed by atoms with E-state index in [4.69, 9.17) is 9.68 Å². The maximum absolute atomic E-state index is 11.7. The summed E-state index contributed by atoms with van der Waals surface area (Å²) in [5.41, 5.74) is 0.0568. The van der Waals surface area contributed by atoms with E-state index in [0.29, 0.717) is 11.0 Å². The molecule has 0 fully saturated rings. The molecule has 1 atom stereocenters. The molecular formula is C10H5NO3Se. The van der Waals surface area contributed by atoms with Crippen molar-refractivity contribution in [2.24, 2.45) is 0 Å². The number of fused-ring (bicyclic) bond motifs is 1. The van der Waals surface area contributed by atoms with Crippen LogP contribution in [0.15, 0.2) is 39.7 Å². The van der Waals surface area contributed by atoms with Crippen LogP contribution in [0, 0.1) is 10.2 Å². The molecule has 0 radical (unpaired) electrons. The molecule has 1 aromatic heterocycles. The van der Waals surface area contributed by atoms with Gasteiger partial charge in [0, 0.05) is 0 Å². The molecule has 15 heavy (non-hydrogen) atoms. The summed E-state index contributed by atoms with van der Waals surface area (Å²) in [4.78, 5) is 13.3. The molecule has 0 saturated carbocycles. The molecule has 74 valence electrons. The summed E-state index contributed by atoms with van der Waals surface area (Å²) in [6.07, 6.45) is 1.12. The van der Waals surface area contributed by atoms with Gasteiger partial charge in [-0.3, -0.25) is 0 Å². The van der Waals surface area contributed by atoms with E-state index in [1.807, 2.05) is 0 Å². The Morgan fingerprint density at radius 1 is 1.33 bits per heavy atom. The normalized spacial score (nSPS) is 12.2. The molecule has 0 aliphatic heterocycles. The van der Waals surface area contributed by atoms with Crippen LogP contribution in [0.3, 0.4) is 0 Å². The second kappa shape index (κ2) is 3.77. The molecule has 0 bridgehead atoms. The van der Waals surface area contributed by atoms with E-state index >= 15 is 0 Å². The fourth-order valence-electron chi connectivity index (χ4n) is 1.24. The van der Waals surface area contributed by atoms with Gasteiger partial charge >= 0.3 is 88.5 Å². The third-order valence-electron chi connectivity index (χ3n) is 1.93. The molecule has 0 aliphatic carbocycles. The monoisotopic (exact) mass is 267 g/mol. The van der Waals surface area contributed by atoms with Crippen LogP contribution < -0.4 is 9.89 Å². The van der Waals surface area contributed by atoms with Crippen LogP contribution in [0.25, 0.3) is 11.0 Å². The van der Waals surface area contributed by atoms with Crippen LogP contribution in [0.5, 0.6) is 0 Å². The fourth-order valence-corrected chi connectivity index (χ4v) is 2.31. The molecular weight excluding hydrogens is 261 g/mol. The van der Waals surface area contributed by atoms with Crippen molar-refractivity contribution in [1.82, 2.24) is 0 Å². The zero-order chi connectivity index (χ0) is 10.8. The molecule has 0 amide bonds. The minimum atomic E-state index is -2.90. The first-order valence-electron chi connectivity index (χ1n) is 4.06. The summed E-state index contributed by atoms with van der Waals surface area (Å²) < 4.78 is 16.4. The zero-order valence-corrected chi connectivity index (χ0v) is 9.18. The number of hydrogen-bond acceptors (Lipinski definition) is 4. The van der Waals surface area contributed by atoms with Gasteiger partial charge in [-0.25, -0.2) is 0 Å². The summed E-state index contributed by atoms with van der Waals surface area (Å²) in [6, 6.07) is 6.66. The molecule has 0 spiro atoms. The number of nitrogens with zero attached hydrogens (tertiary/aromatic N) is 1. The van der Waals surface area contributed by atoms with Gasteiger partial charge in [-0.15, -0.1) is 0 Å². The second-order valence-corrected chi connectivity index (χ2v) is 5.22. The number of hydrogen-bond donors (Lipinski definition) is 0. The standard InChI is InChI=1S/C10H5NO3Se/c11-6-15(13)9-5-14-8-4-2-1-3-7(8)10(9)12/h1-5H. The summed E-state index contributed by atoms with van der Waals surface area (Å²) in [6.45, 7) is 0. The van der Waals surface area contributed by atoms with E-state index in [1.165, 1.54) is 0 Å². The Morgan fingerprint density at radius 2 is 2.07 bits per heavy atom.